The average Bonchev–Trinajstić information content (AvgIpc) is 3.14. The van der Waals surface area contributed by atoms with Gasteiger partial charge < -0.3 is 5.73 Å². The van der Waals surface area contributed by atoms with E-state index in [2.05, 4.69) is 41.2 Å². The van der Waals surface area contributed by atoms with Crippen LogP contribution in [0.15, 0.2) is 24.3 Å². The fourth-order valence-electron chi connectivity index (χ4n) is 3.56. The van der Waals surface area contributed by atoms with Crippen LogP contribution < -0.4 is 5.73 Å². The molecule has 7 nitrogen and oxygen atoms in total. The maximum absolute atomic E-state index is 13.5. The van der Waals surface area contributed by atoms with Gasteiger partial charge in [-0.25, -0.2) is 9.07 Å². The number of nitrogens with zero attached hydrogens (tertiary/aromatic N) is 5. The first-order chi connectivity index (χ1) is 12.8. The summed E-state index contributed by atoms with van der Waals surface area (Å²) in [5, 5.41) is 12.5. The molecule has 0 spiro atoms. The summed E-state index contributed by atoms with van der Waals surface area (Å²) >= 11 is 0. The number of hydrogen-bond donors (Lipinski definition) is 1. The van der Waals surface area contributed by atoms with Gasteiger partial charge in [0.25, 0.3) is 0 Å². The maximum Gasteiger partial charge on any atom is 0.220 e. The monoisotopic (exact) mass is 374 g/mol. The summed E-state index contributed by atoms with van der Waals surface area (Å²) < 4.78 is 15.3. The molecule has 146 valence electrons. The van der Waals surface area contributed by atoms with E-state index in [1.165, 1.54) is 12.1 Å². The molecular formula is C19H27FN6O. The largest absolute Gasteiger partial charge is 0.369 e. The second kappa shape index (κ2) is 7.72. The average molecular weight is 374 g/mol. The highest BCUT2D eigenvalue weighted by Crippen LogP contribution is 2.33. The number of carbonyl (C=O) groups is 1. The number of tetrazole rings is 1. The van der Waals surface area contributed by atoms with Gasteiger partial charge in [0.15, 0.2) is 5.82 Å². The summed E-state index contributed by atoms with van der Waals surface area (Å²) in [6.07, 6.45) is 2.27. The van der Waals surface area contributed by atoms with Crippen molar-refractivity contribution in [2.75, 3.05) is 13.1 Å². The summed E-state index contributed by atoms with van der Waals surface area (Å²) in [6, 6.07) is 6.26. The van der Waals surface area contributed by atoms with Gasteiger partial charge in [-0.1, -0.05) is 19.1 Å². The van der Waals surface area contributed by atoms with Crippen LogP contribution >= 0.6 is 0 Å². The van der Waals surface area contributed by atoms with E-state index in [9.17, 15) is 9.18 Å². The predicted molar refractivity (Wildman–Crippen MR) is 99.2 cm³/mol. The molecule has 0 aliphatic carbocycles. The summed E-state index contributed by atoms with van der Waals surface area (Å²) in [7, 11) is 0. The molecule has 2 heterocycles. The number of nitrogens with two attached hydrogens (primary N) is 1. The molecule has 1 aromatic carbocycles. The number of carbonyl (C=O) groups excluding carboxylic acids is 1. The Morgan fingerprint density at radius 1 is 1.30 bits per heavy atom. The maximum atomic E-state index is 13.5. The number of amides is 1. The van der Waals surface area contributed by atoms with E-state index in [1.807, 2.05) is 4.68 Å². The molecule has 1 amide bonds. The molecule has 1 saturated heterocycles. The number of benzene rings is 1. The standard InChI is InChI=1S/C19H27FN6O/c1-4-19(2,3)26-18(22-23-24-26)16(13-5-7-15(20)8-6-13)25-11-9-14(10-12-25)17(21)27/h5-8,14,16H,4,9-12H2,1-3H3,(H2,21,27)/t16-/m0/s1. The van der Waals surface area contributed by atoms with Crippen LogP contribution in [0, 0.1) is 11.7 Å². The first kappa shape index (κ1) is 19.4. The number of likely N-dealkylation sites (tertiary alicyclic amines) is 1. The fraction of sp³-hybridized carbons (Fsp3) is 0.579. The Morgan fingerprint density at radius 2 is 1.93 bits per heavy atom. The zero-order valence-electron chi connectivity index (χ0n) is 16.1. The van der Waals surface area contributed by atoms with Crippen LogP contribution in [0.3, 0.4) is 0 Å². The Bertz CT molecular complexity index is 780. The van der Waals surface area contributed by atoms with Gasteiger partial charge in [0.05, 0.1) is 11.6 Å². The van der Waals surface area contributed by atoms with Crippen molar-refractivity contribution in [2.24, 2.45) is 11.7 Å². The molecule has 1 aliphatic rings. The van der Waals surface area contributed by atoms with E-state index in [0.29, 0.717) is 25.9 Å². The molecule has 0 unspecified atom stereocenters. The van der Waals surface area contributed by atoms with Gasteiger partial charge in [-0.2, -0.15) is 0 Å². The number of piperidine rings is 1. The van der Waals surface area contributed by atoms with Crippen LogP contribution in [0.2, 0.25) is 0 Å². The van der Waals surface area contributed by atoms with Crippen molar-refractivity contribution < 1.29 is 9.18 Å². The van der Waals surface area contributed by atoms with E-state index in [-0.39, 0.29) is 29.2 Å². The van der Waals surface area contributed by atoms with E-state index < -0.39 is 0 Å². The SMILES string of the molecule is CCC(C)(C)n1nnnc1[C@H](c1ccc(F)cc1)N1CCC(C(N)=O)CC1. The van der Waals surface area contributed by atoms with E-state index in [4.69, 9.17) is 5.73 Å². The van der Waals surface area contributed by atoms with Crippen LogP contribution in [0.4, 0.5) is 4.39 Å². The zero-order chi connectivity index (χ0) is 19.6. The molecule has 2 N–H and O–H groups in total. The molecule has 8 heteroatoms. The van der Waals surface area contributed by atoms with Crippen molar-refractivity contribution in [3.63, 3.8) is 0 Å². The minimum absolute atomic E-state index is 0.0989. The van der Waals surface area contributed by atoms with Crippen LogP contribution in [0.1, 0.15) is 57.5 Å². The molecule has 0 bridgehead atoms. The van der Waals surface area contributed by atoms with Crippen molar-refractivity contribution in [1.29, 1.82) is 0 Å². The quantitative estimate of drug-likeness (QED) is 0.837. The summed E-state index contributed by atoms with van der Waals surface area (Å²) in [6.45, 7) is 7.68. The number of halogens is 1. The normalized spacial score (nSPS) is 17.8. The Kier molecular flexibility index (Phi) is 5.55. The second-order valence-electron chi connectivity index (χ2n) is 7.78. The predicted octanol–water partition coefficient (Wildman–Crippen LogP) is 2.24. The molecule has 1 atom stereocenters. The minimum Gasteiger partial charge on any atom is -0.369 e. The minimum atomic E-state index is -0.279. The topological polar surface area (TPSA) is 89.9 Å². The van der Waals surface area contributed by atoms with E-state index in [0.717, 1.165) is 17.8 Å². The van der Waals surface area contributed by atoms with Gasteiger partial charge in [0.2, 0.25) is 5.91 Å². The van der Waals surface area contributed by atoms with Gasteiger partial charge in [-0.3, -0.25) is 9.69 Å². The van der Waals surface area contributed by atoms with Gasteiger partial charge in [0.1, 0.15) is 5.82 Å². The van der Waals surface area contributed by atoms with Crippen molar-refractivity contribution in [1.82, 2.24) is 25.1 Å². The van der Waals surface area contributed by atoms with Crippen molar-refractivity contribution in [3.8, 4) is 0 Å². The van der Waals surface area contributed by atoms with Crippen molar-refractivity contribution in [2.45, 2.75) is 51.6 Å². The lowest BCUT2D eigenvalue weighted by atomic mass is 9.93. The van der Waals surface area contributed by atoms with Gasteiger partial charge in [0, 0.05) is 5.92 Å². The first-order valence-corrected chi connectivity index (χ1v) is 9.41. The Hall–Kier alpha value is -2.35. The number of primary amides is 1. The van der Waals surface area contributed by atoms with Gasteiger partial charge in [-0.05, 0) is 74.3 Å². The molecule has 0 saturated carbocycles. The summed E-state index contributed by atoms with van der Waals surface area (Å²) in [5.74, 6) is 0.104. The van der Waals surface area contributed by atoms with Crippen LogP contribution in [-0.2, 0) is 10.3 Å². The van der Waals surface area contributed by atoms with Crippen LogP contribution in [0.25, 0.3) is 0 Å². The van der Waals surface area contributed by atoms with Crippen molar-refractivity contribution >= 4 is 5.91 Å². The highest BCUT2D eigenvalue weighted by molar-refractivity contribution is 5.76. The summed E-state index contributed by atoms with van der Waals surface area (Å²) in [4.78, 5) is 13.8. The number of aromatic nitrogens is 4. The van der Waals surface area contributed by atoms with E-state index >= 15 is 0 Å². The lowest BCUT2D eigenvalue weighted by Crippen LogP contribution is -2.42. The molecule has 1 fully saturated rings. The highest BCUT2D eigenvalue weighted by Gasteiger charge is 2.35. The lowest BCUT2D eigenvalue weighted by Gasteiger charge is -2.37. The zero-order valence-corrected chi connectivity index (χ0v) is 16.1. The third kappa shape index (κ3) is 4.00. The first-order valence-electron chi connectivity index (χ1n) is 9.41. The summed E-state index contributed by atoms with van der Waals surface area (Å²) in [5.41, 5.74) is 6.16. The second-order valence-corrected chi connectivity index (χ2v) is 7.78. The molecule has 0 radical (unpaired) electrons. The number of hydrogen-bond acceptors (Lipinski definition) is 5. The molecule has 27 heavy (non-hydrogen) atoms. The third-order valence-electron chi connectivity index (χ3n) is 5.66. The van der Waals surface area contributed by atoms with Gasteiger partial charge >= 0.3 is 0 Å². The molecule has 1 aliphatic heterocycles. The van der Waals surface area contributed by atoms with E-state index in [1.54, 1.807) is 12.1 Å². The van der Waals surface area contributed by atoms with Crippen LogP contribution in [0.5, 0.6) is 0 Å². The Morgan fingerprint density at radius 3 is 2.48 bits per heavy atom. The smallest absolute Gasteiger partial charge is 0.220 e. The third-order valence-corrected chi connectivity index (χ3v) is 5.66. The van der Waals surface area contributed by atoms with Gasteiger partial charge in [-0.15, -0.1) is 5.10 Å². The number of rotatable bonds is 6. The Balaban J connectivity index is 1.99. The highest BCUT2D eigenvalue weighted by atomic mass is 19.1. The molecule has 1 aromatic heterocycles. The fourth-order valence-corrected chi connectivity index (χ4v) is 3.56. The molecular weight excluding hydrogens is 347 g/mol. The molecule has 2 aromatic rings. The Labute approximate surface area is 158 Å². The molecule has 3 rings (SSSR count). The van der Waals surface area contributed by atoms with Crippen molar-refractivity contribution in [3.05, 3.63) is 41.5 Å². The lowest BCUT2D eigenvalue weighted by molar-refractivity contribution is -0.123. The van der Waals surface area contributed by atoms with Crippen LogP contribution in [-0.4, -0.2) is 44.1 Å².